The molecule has 1 saturated heterocycles. The lowest BCUT2D eigenvalue weighted by molar-refractivity contribution is 0.107. The van der Waals surface area contributed by atoms with Crippen LogP contribution in [0.25, 0.3) is 0 Å². The average molecular weight is 276 g/mol. The Morgan fingerprint density at radius 3 is 2.60 bits per heavy atom. The number of likely N-dealkylation sites (tertiary alicyclic amines) is 1. The van der Waals surface area contributed by atoms with E-state index < -0.39 is 0 Å². The van der Waals surface area contributed by atoms with Gasteiger partial charge in [-0.3, -0.25) is 4.90 Å². The number of aromatic hydroxyl groups is 1. The summed E-state index contributed by atoms with van der Waals surface area (Å²) < 4.78 is 0. The molecule has 1 atom stereocenters. The minimum Gasteiger partial charge on any atom is -0.508 e. The second kappa shape index (κ2) is 6.59. The molecule has 0 saturated carbocycles. The maximum absolute atomic E-state index is 9.64. The highest BCUT2D eigenvalue weighted by Crippen LogP contribution is 2.27. The van der Waals surface area contributed by atoms with Crippen molar-refractivity contribution in [3.05, 3.63) is 29.8 Å². The molecule has 0 bridgehead atoms. The SMILES string of the molecule is CCNC(Cc1cccc(O)c1)C(C)(C)N1CCCC1. The van der Waals surface area contributed by atoms with E-state index in [1.165, 1.54) is 31.5 Å². The third kappa shape index (κ3) is 3.53. The molecule has 1 aliphatic rings. The standard InChI is InChI=1S/C17H28N2O/c1-4-18-16(13-14-8-7-9-15(20)12-14)17(2,3)19-10-5-6-11-19/h7-9,12,16,18,20H,4-6,10-11,13H2,1-3H3. The van der Waals surface area contributed by atoms with E-state index in [4.69, 9.17) is 0 Å². The van der Waals surface area contributed by atoms with Gasteiger partial charge in [0.15, 0.2) is 0 Å². The molecule has 1 heterocycles. The number of nitrogens with zero attached hydrogens (tertiary/aromatic N) is 1. The van der Waals surface area contributed by atoms with Gasteiger partial charge in [0, 0.05) is 11.6 Å². The first-order chi connectivity index (χ1) is 9.54. The largest absolute Gasteiger partial charge is 0.508 e. The fourth-order valence-electron chi connectivity index (χ4n) is 3.25. The molecule has 2 N–H and O–H groups in total. The number of hydrogen-bond acceptors (Lipinski definition) is 3. The van der Waals surface area contributed by atoms with Crippen molar-refractivity contribution in [1.82, 2.24) is 10.2 Å². The van der Waals surface area contributed by atoms with Crippen LogP contribution in [0.15, 0.2) is 24.3 Å². The normalized spacial score (nSPS) is 18.4. The minimum atomic E-state index is 0.137. The zero-order valence-electron chi connectivity index (χ0n) is 13.0. The molecule has 1 aromatic rings. The minimum absolute atomic E-state index is 0.137. The van der Waals surface area contributed by atoms with E-state index in [0.29, 0.717) is 11.8 Å². The Labute approximate surface area is 123 Å². The van der Waals surface area contributed by atoms with Crippen molar-refractivity contribution >= 4 is 0 Å². The van der Waals surface area contributed by atoms with Crippen molar-refractivity contribution in [1.29, 1.82) is 0 Å². The second-order valence-corrected chi connectivity index (χ2v) is 6.33. The van der Waals surface area contributed by atoms with Gasteiger partial charge in [0.2, 0.25) is 0 Å². The van der Waals surface area contributed by atoms with Gasteiger partial charge in [-0.15, -0.1) is 0 Å². The van der Waals surface area contributed by atoms with Crippen LogP contribution in [0.1, 0.15) is 39.2 Å². The molecular formula is C17H28N2O. The maximum atomic E-state index is 9.64. The summed E-state index contributed by atoms with van der Waals surface area (Å²) in [4.78, 5) is 2.60. The molecule has 112 valence electrons. The summed E-state index contributed by atoms with van der Waals surface area (Å²) in [5.74, 6) is 0.358. The van der Waals surface area contributed by atoms with Gasteiger partial charge in [0.1, 0.15) is 5.75 Å². The molecule has 1 aliphatic heterocycles. The van der Waals surface area contributed by atoms with Crippen LogP contribution in [0.3, 0.4) is 0 Å². The number of phenolic OH excluding ortho intramolecular Hbond substituents is 1. The molecule has 0 aliphatic carbocycles. The van der Waals surface area contributed by atoms with Gasteiger partial charge >= 0.3 is 0 Å². The number of rotatable bonds is 6. The fourth-order valence-corrected chi connectivity index (χ4v) is 3.25. The van der Waals surface area contributed by atoms with Crippen LogP contribution < -0.4 is 5.32 Å². The van der Waals surface area contributed by atoms with E-state index in [1.807, 2.05) is 12.1 Å². The number of benzene rings is 1. The van der Waals surface area contributed by atoms with Crippen molar-refractivity contribution in [3.63, 3.8) is 0 Å². The molecule has 20 heavy (non-hydrogen) atoms. The molecular weight excluding hydrogens is 248 g/mol. The summed E-state index contributed by atoms with van der Waals surface area (Å²) in [5, 5.41) is 13.3. The summed E-state index contributed by atoms with van der Waals surface area (Å²) in [7, 11) is 0. The monoisotopic (exact) mass is 276 g/mol. The maximum Gasteiger partial charge on any atom is 0.115 e. The molecule has 1 fully saturated rings. The molecule has 0 aromatic heterocycles. The van der Waals surface area contributed by atoms with Crippen LogP contribution in [-0.2, 0) is 6.42 Å². The fraction of sp³-hybridized carbons (Fsp3) is 0.647. The highest BCUT2D eigenvalue weighted by atomic mass is 16.3. The summed E-state index contributed by atoms with van der Waals surface area (Å²) in [6, 6.07) is 8.04. The van der Waals surface area contributed by atoms with E-state index in [0.717, 1.165) is 13.0 Å². The van der Waals surface area contributed by atoms with Crippen molar-refractivity contribution in [2.75, 3.05) is 19.6 Å². The second-order valence-electron chi connectivity index (χ2n) is 6.33. The third-order valence-electron chi connectivity index (χ3n) is 4.57. The van der Waals surface area contributed by atoms with Gasteiger partial charge in [-0.2, -0.15) is 0 Å². The topological polar surface area (TPSA) is 35.5 Å². The van der Waals surface area contributed by atoms with Gasteiger partial charge in [0.05, 0.1) is 0 Å². The quantitative estimate of drug-likeness (QED) is 0.838. The Morgan fingerprint density at radius 1 is 1.30 bits per heavy atom. The molecule has 1 unspecified atom stereocenters. The first kappa shape index (κ1) is 15.3. The van der Waals surface area contributed by atoms with Crippen LogP contribution in [0.5, 0.6) is 5.75 Å². The lowest BCUT2D eigenvalue weighted by Gasteiger charge is -2.42. The van der Waals surface area contributed by atoms with E-state index >= 15 is 0 Å². The van der Waals surface area contributed by atoms with Gasteiger partial charge in [-0.1, -0.05) is 19.1 Å². The third-order valence-corrected chi connectivity index (χ3v) is 4.57. The summed E-state index contributed by atoms with van der Waals surface area (Å²) in [6.07, 6.45) is 3.58. The van der Waals surface area contributed by atoms with Gasteiger partial charge in [-0.25, -0.2) is 0 Å². The lowest BCUT2D eigenvalue weighted by Crippen LogP contribution is -2.57. The predicted octanol–water partition coefficient (Wildman–Crippen LogP) is 2.79. The summed E-state index contributed by atoms with van der Waals surface area (Å²) >= 11 is 0. The molecule has 1 aromatic carbocycles. The Morgan fingerprint density at radius 2 is 2.00 bits per heavy atom. The molecule has 3 nitrogen and oxygen atoms in total. The Bertz CT molecular complexity index is 425. The van der Waals surface area contributed by atoms with Crippen molar-refractivity contribution in [2.45, 2.75) is 51.6 Å². The smallest absolute Gasteiger partial charge is 0.115 e. The first-order valence-electron chi connectivity index (χ1n) is 7.80. The zero-order chi connectivity index (χ0) is 14.6. The van der Waals surface area contributed by atoms with Crippen molar-refractivity contribution < 1.29 is 5.11 Å². The lowest BCUT2D eigenvalue weighted by atomic mass is 9.87. The molecule has 0 spiro atoms. The molecule has 0 radical (unpaired) electrons. The summed E-state index contributed by atoms with van der Waals surface area (Å²) in [6.45, 7) is 10.2. The number of phenols is 1. The van der Waals surface area contributed by atoms with E-state index in [2.05, 4.69) is 37.1 Å². The molecule has 3 heteroatoms. The van der Waals surface area contributed by atoms with Crippen molar-refractivity contribution in [2.24, 2.45) is 0 Å². The van der Waals surface area contributed by atoms with E-state index in [1.54, 1.807) is 6.07 Å². The number of nitrogens with one attached hydrogen (secondary N) is 1. The Hall–Kier alpha value is -1.06. The Kier molecular flexibility index (Phi) is 5.06. The number of likely N-dealkylation sites (N-methyl/N-ethyl adjacent to an activating group) is 1. The highest BCUT2D eigenvalue weighted by Gasteiger charge is 2.36. The van der Waals surface area contributed by atoms with Crippen LogP contribution in [-0.4, -0.2) is 41.2 Å². The Balaban J connectivity index is 2.13. The van der Waals surface area contributed by atoms with Crippen LogP contribution in [0.2, 0.25) is 0 Å². The summed E-state index contributed by atoms with van der Waals surface area (Å²) in [5.41, 5.74) is 1.33. The van der Waals surface area contributed by atoms with Crippen LogP contribution in [0.4, 0.5) is 0 Å². The van der Waals surface area contributed by atoms with Gasteiger partial charge in [-0.05, 0) is 70.4 Å². The average Bonchev–Trinajstić information content (AvgIpc) is 2.93. The van der Waals surface area contributed by atoms with Crippen LogP contribution in [0, 0.1) is 0 Å². The van der Waals surface area contributed by atoms with Gasteiger partial charge in [0.25, 0.3) is 0 Å². The molecule has 2 rings (SSSR count). The van der Waals surface area contributed by atoms with Crippen molar-refractivity contribution in [3.8, 4) is 5.75 Å². The zero-order valence-corrected chi connectivity index (χ0v) is 13.0. The predicted molar refractivity (Wildman–Crippen MR) is 84.2 cm³/mol. The van der Waals surface area contributed by atoms with E-state index in [9.17, 15) is 5.11 Å². The van der Waals surface area contributed by atoms with Gasteiger partial charge < -0.3 is 10.4 Å². The molecule has 0 amide bonds. The first-order valence-corrected chi connectivity index (χ1v) is 7.80. The van der Waals surface area contributed by atoms with Crippen LogP contribution >= 0.6 is 0 Å². The highest BCUT2D eigenvalue weighted by molar-refractivity contribution is 5.28. The number of hydrogen-bond donors (Lipinski definition) is 2. The van der Waals surface area contributed by atoms with E-state index in [-0.39, 0.29) is 5.54 Å².